The lowest BCUT2D eigenvalue weighted by atomic mass is 9.99. The first kappa shape index (κ1) is 30.6. The van der Waals surface area contributed by atoms with Gasteiger partial charge in [0.05, 0.1) is 5.69 Å². The van der Waals surface area contributed by atoms with Crippen LogP contribution in [0.3, 0.4) is 0 Å². The Morgan fingerprint density at radius 1 is 1.02 bits per heavy atom. The summed E-state index contributed by atoms with van der Waals surface area (Å²) in [7, 11) is 0. The minimum absolute atomic E-state index is 0.0129. The first-order valence-corrected chi connectivity index (χ1v) is 15.3. The van der Waals surface area contributed by atoms with Crippen LogP contribution in [0.2, 0.25) is 0 Å². The van der Waals surface area contributed by atoms with Crippen LogP contribution < -0.4 is 11.1 Å². The van der Waals surface area contributed by atoms with Crippen LogP contribution in [-0.4, -0.2) is 47.1 Å². The highest BCUT2D eigenvalue weighted by Crippen LogP contribution is 2.30. The van der Waals surface area contributed by atoms with Gasteiger partial charge in [-0.1, -0.05) is 56.3 Å². The Morgan fingerprint density at radius 3 is 2.55 bits per heavy atom. The fourth-order valence-electron chi connectivity index (χ4n) is 5.61. The number of rotatable bonds is 11. The maximum Gasteiger partial charge on any atom is 0.255 e. The molecule has 0 radical (unpaired) electrons. The Kier molecular flexibility index (Phi) is 9.79. The number of amidine groups is 1. The van der Waals surface area contributed by atoms with Crippen molar-refractivity contribution in [3.8, 4) is 0 Å². The number of ether oxygens (including phenoxy) is 1. The maximum absolute atomic E-state index is 13.3. The molecule has 2 aliphatic rings. The molecule has 8 nitrogen and oxygen atoms in total. The quantitative estimate of drug-likeness (QED) is 0.251. The molecule has 2 heterocycles. The van der Waals surface area contributed by atoms with Crippen LogP contribution in [0.15, 0.2) is 89.8 Å². The first-order chi connectivity index (χ1) is 21.3. The van der Waals surface area contributed by atoms with Crippen molar-refractivity contribution in [2.24, 2.45) is 10.7 Å². The Hall–Kier alpha value is -4.85. The van der Waals surface area contributed by atoms with Crippen molar-refractivity contribution in [1.82, 2.24) is 9.80 Å². The molecule has 0 spiro atoms. The number of fused-ring (bicyclic) bond motifs is 2. The summed E-state index contributed by atoms with van der Waals surface area (Å²) in [6.45, 7) is 11.6. The lowest BCUT2D eigenvalue weighted by molar-refractivity contribution is -0.127. The SMILES string of the molecule is C=C(OCc1ccccc1)N1CCc2cc(NC(=O)c3ccc4c(c3)N=C(N)CC(C(=O)N(CCC)CCC)=C4)ccc2C1. The minimum atomic E-state index is -0.233. The lowest BCUT2D eigenvalue weighted by Crippen LogP contribution is -2.34. The molecule has 2 aliphatic heterocycles. The van der Waals surface area contributed by atoms with Gasteiger partial charge in [0.2, 0.25) is 5.91 Å². The summed E-state index contributed by atoms with van der Waals surface area (Å²) in [6, 6.07) is 21.4. The van der Waals surface area contributed by atoms with Gasteiger partial charge >= 0.3 is 0 Å². The van der Waals surface area contributed by atoms with Gasteiger partial charge in [-0.3, -0.25) is 9.59 Å². The molecule has 0 saturated carbocycles. The minimum Gasteiger partial charge on any atom is -0.475 e. The molecule has 0 bridgehead atoms. The Balaban J connectivity index is 1.24. The Morgan fingerprint density at radius 2 is 1.80 bits per heavy atom. The van der Waals surface area contributed by atoms with Crippen molar-refractivity contribution in [2.45, 2.75) is 52.7 Å². The number of nitrogens with zero attached hydrogens (tertiary/aromatic N) is 3. The van der Waals surface area contributed by atoms with E-state index in [4.69, 9.17) is 10.5 Å². The van der Waals surface area contributed by atoms with Gasteiger partial charge in [0.1, 0.15) is 12.4 Å². The standard InChI is InChI=1S/C36H41N5O3/c1-4-16-40(17-5-2)36(43)31-19-28-11-12-29(21-33(28)39-34(37)22-31)35(42)38-32-14-13-30-23-41(18-15-27(30)20-32)25(3)44-24-26-9-7-6-8-10-26/h6-14,19-21H,3-5,15-18,22-24H2,1-2H3,(H2,37,39)(H,38,42). The van der Waals surface area contributed by atoms with Crippen LogP contribution in [0.4, 0.5) is 11.4 Å². The summed E-state index contributed by atoms with van der Waals surface area (Å²) in [4.78, 5) is 35.1. The van der Waals surface area contributed by atoms with Gasteiger partial charge in [-0.25, -0.2) is 4.99 Å². The molecule has 0 aliphatic carbocycles. The van der Waals surface area contributed by atoms with Gasteiger partial charge in [-0.15, -0.1) is 0 Å². The smallest absolute Gasteiger partial charge is 0.255 e. The Bertz CT molecular complexity index is 1590. The van der Waals surface area contributed by atoms with Gasteiger partial charge in [-0.05, 0) is 72.9 Å². The number of aliphatic imine (C=N–C) groups is 1. The predicted octanol–water partition coefficient (Wildman–Crippen LogP) is 6.41. The Labute approximate surface area is 259 Å². The topological polar surface area (TPSA) is 100 Å². The average molecular weight is 592 g/mol. The van der Waals surface area contributed by atoms with E-state index in [-0.39, 0.29) is 18.2 Å². The molecular formula is C36H41N5O3. The van der Waals surface area contributed by atoms with E-state index in [2.05, 4.69) is 35.6 Å². The van der Waals surface area contributed by atoms with Gasteiger partial charge in [0.25, 0.3) is 5.91 Å². The van der Waals surface area contributed by atoms with Gasteiger partial charge < -0.3 is 25.6 Å². The number of carbonyl (C=O) groups is 2. The summed E-state index contributed by atoms with van der Waals surface area (Å²) in [5.74, 6) is 0.768. The summed E-state index contributed by atoms with van der Waals surface area (Å²) >= 11 is 0. The van der Waals surface area contributed by atoms with Crippen LogP contribution in [0.25, 0.3) is 6.08 Å². The van der Waals surface area contributed by atoms with Crippen molar-refractivity contribution >= 4 is 35.1 Å². The lowest BCUT2D eigenvalue weighted by Gasteiger charge is -2.31. The molecule has 8 heteroatoms. The number of carbonyl (C=O) groups excluding carboxylic acids is 2. The molecular weight excluding hydrogens is 550 g/mol. The second-order valence-corrected chi connectivity index (χ2v) is 11.3. The largest absolute Gasteiger partial charge is 0.475 e. The zero-order valence-corrected chi connectivity index (χ0v) is 25.6. The van der Waals surface area contributed by atoms with Crippen molar-refractivity contribution in [1.29, 1.82) is 0 Å². The predicted molar refractivity (Wildman–Crippen MR) is 176 cm³/mol. The number of hydrogen-bond acceptors (Lipinski definition) is 6. The van der Waals surface area contributed by atoms with E-state index in [1.165, 1.54) is 11.1 Å². The fourth-order valence-corrected chi connectivity index (χ4v) is 5.61. The number of hydrogen-bond donors (Lipinski definition) is 2. The molecule has 44 heavy (non-hydrogen) atoms. The van der Waals surface area contributed by atoms with Crippen LogP contribution in [0, 0.1) is 0 Å². The summed E-state index contributed by atoms with van der Waals surface area (Å²) in [6.07, 6.45) is 4.73. The van der Waals surface area contributed by atoms with Crippen LogP contribution in [-0.2, 0) is 29.1 Å². The highest BCUT2D eigenvalue weighted by atomic mass is 16.5. The van der Waals surface area contributed by atoms with Gasteiger partial charge in [0, 0.05) is 55.0 Å². The zero-order valence-electron chi connectivity index (χ0n) is 25.6. The van der Waals surface area contributed by atoms with E-state index in [0.717, 1.165) is 42.6 Å². The second kappa shape index (κ2) is 14.1. The molecule has 5 rings (SSSR count). The molecule has 3 aromatic rings. The van der Waals surface area contributed by atoms with Crippen molar-refractivity contribution in [2.75, 3.05) is 25.0 Å². The van der Waals surface area contributed by atoms with Crippen LogP contribution >= 0.6 is 0 Å². The van der Waals surface area contributed by atoms with Crippen molar-refractivity contribution in [3.05, 3.63) is 113 Å². The van der Waals surface area contributed by atoms with Crippen molar-refractivity contribution in [3.63, 3.8) is 0 Å². The number of anilines is 1. The first-order valence-electron chi connectivity index (χ1n) is 15.3. The summed E-state index contributed by atoms with van der Waals surface area (Å²) < 4.78 is 5.94. The number of benzene rings is 3. The number of nitrogens with two attached hydrogens (primary N) is 1. The van der Waals surface area contributed by atoms with Gasteiger partial charge in [-0.2, -0.15) is 0 Å². The van der Waals surface area contributed by atoms with E-state index < -0.39 is 0 Å². The van der Waals surface area contributed by atoms with E-state index in [0.29, 0.717) is 54.8 Å². The molecule has 228 valence electrons. The normalized spacial score (nSPS) is 13.9. The third-order valence-corrected chi connectivity index (χ3v) is 7.88. The molecule has 2 amide bonds. The molecule has 3 N–H and O–H groups in total. The molecule has 0 unspecified atom stereocenters. The third-order valence-electron chi connectivity index (χ3n) is 7.88. The molecule has 0 aromatic heterocycles. The summed E-state index contributed by atoms with van der Waals surface area (Å²) in [5.41, 5.74) is 12.9. The highest BCUT2D eigenvalue weighted by molar-refractivity contribution is 6.08. The van der Waals surface area contributed by atoms with E-state index in [9.17, 15) is 9.59 Å². The highest BCUT2D eigenvalue weighted by Gasteiger charge is 2.22. The van der Waals surface area contributed by atoms with Gasteiger partial charge in [0.15, 0.2) is 5.88 Å². The fraction of sp³-hybridized carbons (Fsp3) is 0.306. The molecule has 3 aromatic carbocycles. The number of nitrogens with one attached hydrogen (secondary N) is 1. The van der Waals surface area contributed by atoms with E-state index in [1.54, 1.807) is 12.1 Å². The van der Waals surface area contributed by atoms with Crippen LogP contribution in [0.5, 0.6) is 0 Å². The average Bonchev–Trinajstić information content (AvgIpc) is 3.20. The van der Waals surface area contributed by atoms with Crippen molar-refractivity contribution < 1.29 is 14.3 Å². The maximum atomic E-state index is 13.3. The monoisotopic (exact) mass is 591 g/mol. The van der Waals surface area contributed by atoms with Crippen LogP contribution in [0.1, 0.15) is 65.7 Å². The second-order valence-electron chi connectivity index (χ2n) is 11.3. The molecule has 0 fully saturated rings. The summed E-state index contributed by atoms with van der Waals surface area (Å²) in [5, 5.41) is 3.03. The zero-order chi connectivity index (χ0) is 31.1. The van der Waals surface area contributed by atoms with E-state index in [1.807, 2.05) is 65.6 Å². The number of amides is 2. The van der Waals surface area contributed by atoms with E-state index >= 15 is 0 Å². The third kappa shape index (κ3) is 7.37. The molecule has 0 saturated heterocycles. The molecule has 0 atom stereocenters.